The van der Waals surface area contributed by atoms with E-state index in [2.05, 4.69) is 13.8 Å². The number of cyclic esters (lactones) is 1. The van der Waals surface area contributed by atoms with E-state index in [1.807, 2.05) is 0 Å². The summed E-state index contributed by atoms with van der Waals surface area (Å²) in [4.78, 5) is 11.2. The Labute approximate surface area is 87.0 Å². The Morgan fingerprint density at radius 1 is 1.07 bits per heavy atom. The average molecular weight is 198 g/mol. The Morgan fingerprint density at radius 3 is 2.36 bits per heavy atom. The molecule has 1 saturated heterocycles. The minimum Gasteiger partial charge on any atom is -0.461 e. The zero-order valence-electron chi connectivity index (χ0n) is 9.42. The largest absolute Gasteiger partial charge is 0.461 e. The van der Waals surface area contributed by atoms with E-state index in [-0.39, 0.29) is 18.0 Å². The molecule has 0 aliphatic carbocycles. The highest BCUT2D eigenvalue weighted by Gasteiger charge is 2.40. The van der Waals surface area contributed by atoms with Crippen LogP contribution in [0, 0.1) is 5.92 Å². The van der Waals surface area contributed by atoms with Gasteiger partial charge in [0.05, 0.1) is 5.92 Å². The molecule has 0 saturated carbocycles. The van der Waals surface area contributed by atoms with Crippen LogP contribution in [0.1, 0.15) is 58.8 Å². The molecule has 2 nitrogen and oxygen atoms in total. The molecule has 0 aromatic rings. The second kappa shape index (κ2) is 6.05. The summed E-state index contributed by atoms with van der Waals surface area (Å²) in [6.45, 7) is 4.36. The summed E-state index contributed by atoms with van der Waals surface area (Å²) in [6, 6.07) is 0. The number of ether oxygens (including phenoxy) is 1. The average Bonchev–Trinajstić information content (AvgIpc) is 2.19. The van der Waals surface area contributed by atoms with Gasteiger partial charge in [0.2, 0.25) is 0 Å². The van der Waals surface area contributed by atoms with Gasteiger partial charge in [-0.15, -0.1) is 0 Å². The Balaban J connectivity index is 2.16. The summed E-state index contributed by atoms with van der Waals surface area (Å²) in [5.74, 6) is 0.273. The number of hydrogen-bond acceptors (Lipinski definition) is 2. The van der Waals surface area contributed by atoms with Crippen molar-refractivity contribution in [1.29, 1.82) is 0 Å². The minimum atomic E-state index is 0.0437. The zero-order valence-corrected chi connectivity index (χ0v) is 9.42. The topological polar surface area (TPSA) is 26.3 Å². The number of carbonyl (C=O) groups is 1. The van der Waals surface area contributed by atoms with E-state index in [1.54, 1.807) is 0 Å². The summed E-state index contributed by atoms with van der Waals surface area (Å²) in [5.41, 5.74) is 0. The van der Waals surface area contributed by atoms with Crippen molar-refractivity contribution >= 4 is 5.97 Å². The van der Waals surface area contributed by atoms with Crippen molar-refractivity contribution in [2.75, 3.05) is 0 Å². The third kappa shape index (κ3) is 3.00. The Morgan fingerprint density at radius 2 is 1.79 bits per heavy atom. The van der Waals surface area contributed by atoms with E-state index in [1.165, 1.54) is 32.1 Å². The first-order chi connectivity index (χ1) is 6.79. The predicted molar refractivity (Wildman–Crippen MR) is 57.0 cm³/mol. The highest BCUT2D eigenvalue weighted by Crippen LogP contribution is 2.30. The first-order valence-electron chi connectivity index (χ1n) is 6.00. The molecule has 1 heterocycles. The van der Waals surface area contributed by atoms with Crippen LogP contribution in [-0.4, -0.2) is 12.1 Å². The molecule has 0 spiro atoms. The molecule has 0 unspecified atom stereocenters. The van der Waals surface area contributed by atoms with Crippen molar-refractivity contribution in [1.82, 2.24) is 0 Å². The van der Waals surface area contributed by atoms with E-state index in [0.717, 1.165) is 12.8 Å². The lowest BCUT2D eigenvalue weighted by molar-refractivity contribution is -0.186. The quantitative estimate of drug-likeness (QED) is 0.463. The first-order valence-corrected chi connectivity index (χ1v) is 6.00. The third-order valence-corrected chi connectivity index (χ3v) is 2.98. The first kappa shape index (κ1) is 11.5. The molecule has 2 atom stereocenters. The van der Waals surface area contributed by atoms with Gasteiger partial charge in [-0.1, -0.05) is 46.0 Å². The lowest BCUT2D eigenvalue weighted by Gasteiger charge is -2.35. The standard InChI is InChI=1S/C12H22O2/c1-3-5-7-8-10-11(9-6-4-2)14-12(10)13/h10-11H,3-9H2,1-2H3/t10-,11-/m0/s1. The monoisotopic (exact) mass is 198 g/mol. The van der Waals surface area contributed by atoms with Gasteiger partial charge >= 0.3 is 5.97 Å². The zero-order chi connectivity index (χ0) is 10.4. The van der Waals surface area contributed by atoms with Gasteiger partial charge in [0, 0.05) is 0 Å². The van der Waals surface area contributed by atoms with Crippen molar-refractivity contribution in [2.24, 2.45) is 5.92 Å². The maximum absolute atomic E-state index is 11.2. The molecule has 1 rings (SSSR count). The van der Waals surface area contributed by atoms with Crippen LogP contribution < -0.4 is 0 Å². The fourth-order valence-corrected chi connectivity index (χ4v) is 1.98. The molecular weight excluding hydrogens is 176 g/mol. The minimum absolute atomic E-state index is 0.0437. The molecule has 0 amide bonds. The molecule has 1 aliphatic heterocycles. The number of unbranched alkanes of at least 4 members (excludes halogenated alkanes) is 3. The molecule has 0 aromatic heterocycles. The van der Waals surface area contributed by atoms with Gasteiger partial charge in [0.15, 0.2) is 0 Å². The fraction of sp³-hybridized carbons (Fsp3) is 0.917. The second-order valence-electron chi connectivity index (χ2n) is 4.22. The molecule has 0 radical (unpaired) electrons. The van der Waals surface area contributed by atoms with Gasteiger partial charge in [-0.25, -0.2) is 0 Å². The molecule has 82 valence electrons. The van der Waals surface area contributed by atoms with Crippen molar-refractivity contribution in [3.8, 4) is 0 Å². The van der Waals surface area contributed by atoms with E-state index < -0.39 is 0 Å². The van der Waals surface area contributed by atoms with Crippen molar-refractivity contribution in [2.45, 2.75) is 64.9 Å². The van der Waals surface area contributed by atoms with Crippen LogP contribution in [0.15, 0.2) is 0 Å². The van der Waals surface area contributed by atoms with Crippen molar-refractivity contribution in [3.05, 3.63) is 0 Å². The Hall–Kier alpha value is -0.530. The van der Waals surface area contributed by atoms with Gasteiger partial charge < -0.3 is 4.74 Å². The fourth-order valence-electron chi connectivity index (χ4n) is 1.98. The van der Waals surface area contributed by atoms with E-state index >= 15 is 0 Å². The van der Waals surface area contributed by atoms with Crippen LogP contribution in [0.5, 0.6) is 0 Å². The van der Waals surface area contributed by atoms with Gasteiger partial charge in [-0.3, -0.25) is 4.79 Å². The Kier molecular flexibility index (Phi) is 4.99. The molecule has 2 heteroatoms. The summed E-state index contributed by atoms with van der Waals surface area (Å²) in [6.07, 6.45) is 8.38. The molecule has 1 aliphatic rings. The van der Waals surface area contributed by atoms with Crippen LogP contribution in [-0.2, 0) is 9.53 Å². The molecule has 14 heavy (non-hydrogen) atoms. The van der Waals surface area contributed by atoms with Crippen LogP contribution in [0.2, 0.25) is 0 Å². The third-order valence-electron chi connectivity index (χ3n) is 2.98. The van der Waals surface area contributed by atoms with E-state index in [9.17, 15) is 4.79 Å². The van der Waals surface area contributed by atoms with Gasteiger partial charge in [0.1, 0.15) is 6.10 Å². The van der Waals surface area contributed by atoms with Crippen LogP contribution >= 0.6 is 0 Å². The highest BCUT2D eigenvalue weighted by molar-refractivity contribution is 5.78. The summed E-state index contributed by atoms with van der Waals surface area (Å²) < 4.78 is 5.15. The van der Waals surface area contributed by atoms with Gasteiger partial charge in [0.25, 0.3) is 0 Å². The van der Waals surface area contributed by atoms with Crippen LogP contribution in [0.3, 0.4) is 0 Å². The van der Waals surface area contributed by atoms with Gasteiger partial charge in [-0.05, 0) is 12.8 Å². The molecule has 0 aromatic carbocycles. The number of carbonyl (C=O) groups excluding carboxylic acids is 1. The number of esters is 1. The summed E-state index contributed by atoms with van der Waals surface area (Å²) >= 11 is 0. The summed E-state index contributed by atoms with van der Waals surface area (Å²) in [5, 5.41) is 0. The van der Waals surface area contributed by atoms with Crippen LogP contribution in [0.25, 0.3) is 0 Å². The molecular formula is C12H22O2. The van der Waals surface area contributed by atoms with Crippen molar-refractivity contribution in [3.63, 3.8) is 0 Å². The molecule has 1 fully saturated rings. The summed E-state index contributed by atoms with van der Waals surface area (Å²) in [7, 11) is 0. The smallest absolute Gasteiger partial charge is 0.313 e. The highest BCUT2D eigenvalue weighted by atomic mass is 16.6. The van der Waals surface area contributed by atoms with E-state index in [4.69, 9.17) is 4.74 Å². The van der Waals surface area contributed by atoms with Gasteiger partial charge in [-0.2, -0.15) is 0 Å². The maximum atomic E-state index is 11.2. The predicted octanol–water partition coefficient (Wildman–Crippen LogP) is 3.30. The molecule has 0 N–H and O–H groups in total. The lowest BCUT2D eigenvalue weighted by Crippen LogP contribution is -2.44. The number of hydrogen-bond donors (Lipinski definition) is 0. The Bertz CT molecular complexity index is 177. The van der Waals surface area contributed by atoms with Crippen LogP contribution in [0.4, 0.5) is 0 Å². The SMILES string of the molecule is CCCCC[C@@H]1C(=O)O[C@H]1CCCC. The van der Waals surface area contributed by atoms with E-state index in [0.29, 0.717) is 0 Å². The normalized spacial score (nSPS) is 25.7. The number of rotatable bonds is 7. The van der Waals surface area contributed by atoms with Crippen molar-refractivity contribution < 1.29 is 9.53 Å². The maximum Gasteiger partial charge on any atom is 0.313 e. The second-order valence-corrected chi connectivity index (χ2v) is 4.22. The molecule has 0 bridgehead atoms. The lowest BCUT2D eigenvalue weighted by atomic mass is 9.88.